The van der Waals surface area contributed by atoms with Crippen LogP contribution in [0.1, 0.15) is 27.4 Å². The van der Waals surface area contributed by atoms with Crippen LogP contribution in [-0.4, -0.2) is 28.1 Å². The van der Waals surface area contributed by atoms with E-state index in [0.29, 0.717) is 11.1 Å². The Morgan fingerprint density at radius 2 is 1.48 bits per heavy atom. The molecular formula is C22H20N2O5. The summed E-state index contributed by atoms with van der Waals surface area (Å²) in [5.41, 5.74) is 12.9. The first-order valence-electron chi connectivity index (χ1n) is 8.81. The molecule has 0 bridgehead atoms. The van der Waals surface area contributed by atoms with Gasteiger partial charge in [-0.05, 0) is 53.6 Å². The fraction of sp³-hybridized carbons (Fsp3) is 0.0909. The molecule has 0 aliphatic carbocycles. The van der Waals surface area contributed by atoms with Gasteiger partial charge in [0.05, 0.1) is 0 Å². The van der Waals surface area contributed by atoms with E-state index in [-0.39, 0.29) is 22.8 Å². The van der Waals surface area contributed by atoms with E-state index in [1.165, 1.54) is 42.5 Å². The second-order valence-corrected chi connectivity index (χ2v) is 6.46. The Bertz CT molecular complexity index is 1020. The smallest absolute Gasteiger partial charge is 0.329 e. The first-order chi connectivity index (χ1) is 13.9. The Balaban J connectivity index is 2.03. The van der Waals surface area contributed by atoms with E-state index < -0.39 is 23.8 Å². The zero-order valence-corrected chi connectivity index (χ0v) is 15.4. The van der Waals surface area contributed by atoms with Crippen LogP contribution < -0.4 is 16.2 Å². The molecule has 3 rings (SSSR count). The molecule has 1 amide bonds. The summed E-state index contributed by atoms with van der Waals surface area (Å²) in [6, 6.07) is 17.4. The van der Waals surface area contributed by atoms with E-state index in [1.54, 1.807) is 30.3 Å². The van der Waals surface area contributed by atoms with Crippen LogP contribution in [0.15, 0.2) is 72.8 Å². The number of rotatable bonds is 6. The number of phenols is 2. The fourth-order valence-corrected chi connectivity index (χ4v) is 3.11. The van der Waals surface area contributed by atoms with Crippen LogP contribution in [0.5, 0.6) is 17.2 Å². The molecule has 0 aromatic heterocycles. The predicted molar refractivity (Wildman–Crippen MR) is 107 cm³/mol. The normalized spacial score (nSPS) is 12.7. The average Bonchev–Trinajstić information content (AvgIpc) is 2.70. The number of carbonyl (C=O) groups excluding carboxylic acids is 2. The second-order valence-electron chi connectivity index (χ2n) is 6.46. The lowest BCUT2D eigenvalue weighted by Gasteiger charge is -2.25. The van der Waals surface area contributed by atoms with Crippen molar-refractivity contribution in [2.75, 3.05) is 0 Å². The summed E-state index contributed by atoms with van der Waals surface area (Å²) in [6.07, 6.45) is 0. The molecule has 0 aliphatic heterocycles. The minimum Gasteiger partial charge on any atom is -0.508 e. The number of carbonyl (C=O) groups is 2. The van der Waals surface area contributed by atoms with Crippen LogP contribution in [0.3, 0.4) is 0 Å². The highest BCUT2D eigenvalue weighted by Crippen LogP contribution is 2.33. The van der Waals surface area contributed by atoms with Gasteiger partial charge in [-0.15, -0.1) is 0 Å². The number of amides is 1. The lowest BCUT2D eigenvalue weighted by Crippen LogP contribution is -2.41. The van der Waals surface area contributed by atoms with E-state index in [9.17, 15) is 19.8 Å². The van der Waals surface area contributed by atoms with Gasteiger partial charge in [0.15, 0.2) is 0 Å². The molecule has 7 heteroatoms. The van der Waals surface area contributed by atoms with E-state index in [1.807, 2.05) is 0 Å². The Morgan fingerprint density at radius 3 is 2.10 bits per heavy atom. The van der Waals surface area contributed by atoms with Gasteiger partial charge in [0, 0.05) is 11.5 Å². The zero-order valence-electron chi connectivity index (χ0n) is 15.4. The van der Waals surface area contributed by atoms with E-state index in [4.69, 9.17) is 16.2 Å². The van der Waals surface area contributed by atoms with Gasteiger partial charge in [-0.2, -0.15) is 0 Å². The van der Waals surface area contributed by atoms with E-state index >= 15 is 0 Å². The maximum atomic E-state index is 12.8. The number of hydrogen-bond donors (Lipinski definition) is 4. The standard InChI is InChI=1S/C22H20N2O5/c23-20(22(28)29-16-9-6-14(25)7-10-16)19(13-4-2-1-3-5-13)18-12-15(26)8-11-17(18)21(24)27/h1-12,19-20,25-26H,23H2,(H2,24,27). The van der Waals surface area contributed by atoms with Crippen molar-refractivity contribution in [3.8, 4) is 17.2 Å². The maximum absolute atomic E-state index is 12.8. The average molecular weight is 392 g/mol. The van der Waals surface area contributed by atoms with Gasteiger partial charge in [-0.1, -0.05) is 30.3 Å². The number of primary amides is 1. The van der Waals surface area contributed by atoms with Crippen LogP contribution in [0.2, 0.25) is 0 Å². The highest BCUT2D eigenvalue weighted by molar-refractivity contribution is 5.95. The summed E-state index contributed by atoms with van der Waals surface area (Å²) >= 11 is 0. The number of hydrogen-bond acceptors (Lipinski definition) is 6. The Hall–Kier alpha value is -3.84. The minimum atomic E-state index is -1.20. The molecule has 0 saturated heterocycles. The van der Waals surface area contributed by atoms with Gasteiger partial charge in [-0.25, -0.2) is 4.79 Å². The second kappa shape index (κ2) is 8.45. The quantitative estimate of drug-likeness (QED) is 0.375. The van der Waals surface area contributed by atoms with Gasteiger partial charge >= 0.3 is 5.97 Å². The molecule has 2 atom stereocenters. The summed E-state index contributed by atoms with van der Waals surface area (Å²) in [5.74, 6) is -2.10. The van der Waals surface area contributed by atoms with Crippen LogP contribution in [0, 0.1) is 0 Å². The summed E-state index contributed by atoms with van der Waals surface area (Å²) in [6.45, 7) is 0. The molecule has 0 saturated carbocycles. The fourth-order valence-electron chi connectivity index (χ4n) is 3.11. The minimum absolute atomic E-state index is 0.0297. The number of phenolic OH excluding ortho intramolecular Hbond substituents is 2. The monoisotopic (exact) mass is 392 g/mol. The van der Waals surface area contributed by atoms with Gasteiger partial charge in [0.25, 0.3) is 0 Å². The summed E-state index contributed by atoms with van der Waals surface area (Å²) in [4.78, 5) is 24.7. The highest BCUT2D eigenvalue weighted by atomic mass is 16.5. The predicted octanol–water partition coefficient (Wildman–Crippen LogP) is 2.26. The summed E-state index contributed by atoms with van der Waals surface area (Å²) in [5, 5.41) is 19.3. The third kappa shape index (κ3) is 4.53. The van der Waals surface area contributed by atoms with Crippen LogP contribution in [0.4, 0.5) is 0 Å². The molecule has 0 aliphatic rings. The third-order valence-electron chi connectivity index (χ3n) is 4.48. The summed E-state index contributed by atoms with van der Waals surface area (Å²) in [7, 11) is 0. The summed E-state index contributed by atoms with van der Waals surface area (Å²) < 4.78 is 5.33. The van der Waals surface area contributed by atoms with Crippen molar-refractivity contribution in [1.29, 1.82) is 0 Å². The van der Waals surface area contributed by atoms with Gasteiger partial charge in [0.2, 0.25) is 5.91 Å². The molecule has 0 radical (unpaired) electrons. The van der Waals surface area contributed by atoms with Crippen LogP contribution in [-0.2, 0) is 4.79 Å². The molecule has 0 spiro atoms. The van der Waals surface area contributed by atoms with E-state index in [0.717, 1.165) is 0 Å². The third-order valence-corrected chi connectivity index (χ3v) is 4.48. The molecule has 148 valence electrons. The largest absolute Gasteiger partial charge is 0.508 e. The van der Waals surface area contributed by atoms with Crippen molar-refractivity contribution in [3.05, 3.63) is 89.5 Å². The Morgan fingerprint density at radius 1 is 0.862 bits per heavy atom. The molecule has 3 aromatic carbocycles. The number of benzene rings is 3. The van der Waals surface area contributed by atoms with Gasteiger partial charge in [0.1, 0.15) is 23.3 Å². The van der Waals surface area contributed by atoms with Crippen molar-refractivity contribution in [1.82, 2.24) is 0 Å². The maximum Gasteiger partial charge on any atom is 0.329 e. The molecule has 2 unspecified atom stereocenters. The van der Waals surface area contributed by atoms with Crippen LogP contribution in [0.25, 0.3) is 0 Å². The van der Waals surface area contributed by atoms with Crippen molar-refractivity contribution in [3.63, 3.8) is 0 Å². The molecule has 6 N–H and O–H groups in total. The molecule has 7 nitrogen and oxygen atoms in total. The Kier molecular flexibility index (Phi) is 5.80. The van der Waals surface area contributed by atoms with Crippen molar-refractivity contribution < 1.29 is 24.5 Å². The van der Waals surface area contributed by atoms with Crippen molar-refractivity contribution >= 4 is 11.9 Å². The highest BCUT2D eigenvalue weighted by Gasteiger charge is 2.32. The van der Waals surface area contributed by atoms with E-state index in [2.05, 4.69) is 0 Å². The molecule has 0 fully saturated rings. The number of nitrogens with two attached hydrogens (primary N) is 2. The van der Waals surface area contributed by atoms with Crippen LogP contribution >= 0.6 is 0 Å². The van der Waals surface area contributed by atoms with Crippen molar-refractivity contribution in [2.45, 2.75) is 12.0 Å². The lowest BCUT2D eigenvalue weighted by molar-refractivity contribution is -0.136. The number of aromatic hydroxyl groups is 2. The molecule has 29 heavy (non-hydrogen) atoms. The first-order valence-corrected chi connectivity index (χ1v) is 8.81. The van der Waals surface area contributed by atoms with Gasteiger partial charge in [-0.3, -0.25) is 4.79 Å². The molecule has 3 aromatic rings. The van der Waals surface area contributed by atoms with Gasteiger partial charge < -0.3 is 26.4 Å². The van der Waals surface area contributed by atoms with Crippen molar-refractivity contribution in [2.24, 2.45) is 11.5 Å². The number of ether oxygens (including phenoxy) is 1. The Labute approximate surface area is 167 Å². The lowest BCUT2D eigenvalue weighted by atomic mass is 9.82. The molecule has 0 heterocycles. The first kappa shape index (κ1) is 19.9. The number of esters is 1. The molecular weight excluding hydrogens is 372 g/mol. The SMILES string of the molecule is NC(=O)c1ccc(O)cc1C(c1ccccc1)C(N)C(=O)Oc1ccc(O)cc1. The zero-order chi connectivity index (χ0) is 21.0. The topological polar surface area (TPSA) is 136 Å².